The van der Waals surface area contributed by atoms with Gasteiger partial charge in [0.2, 0.25) is 0 Å². The third kappa shape index (κ3) is 2.46. The number of carbonyl (C=O) groups is 1. The van der Waals surface area contributed by atoms with E-state index < -0.39 is 5.97 Å². The number of carboxylic acids is 1. The maximum atomic E-state index is 11.3. The van der Waals surface area contributed by atoms with Crippen molar-refractivity contribution in [3.05, 3.63) is 22.9 Å². The Morgan fingerprint density at radius 1 is 1.43 bits per heavy atom. The summed E-state index contributed by atoms with van der Waals surface area (Å²) in [5.74, 6) is -0.392. The van der Waals surface area contributed by atoms with Gasteiger partial charge in [-0.25, -0.2) is 4.98 Å². The molecule has 1 aliphatic heterocycles. The zero-order valence-corrected chi connectivity index (χ0v) is 12.2. The number of hydrogen-bond donors (Lipinski definition) is 1. The summed E-state index contributed by atoms with van der Waals surface area (Å²) < 4.78 is 0. The SMILES string of the molecule is CC1CN(c2nc3c(cc2C#N)CCCC3)CC1C(=O)O. The summed E-state index contributed by atoms with van der Waals surface area (Å²) in [5.41, 5.74) is 2.85. The molecule has 0 spiro atoms. The number of aliphatic carboxylic acids is 1. The van der Waals surface area contributed by atoms with Crippen LogP contribution in [0.15, 0.2) is 6.07 Å². The standard InChI is InChI=1S/C16H19N3O2/c1-10-8-19(9-13(10)16(20)21)15-12(7-17)6-11-4-2-3-5-14(11)18-15/h6,10,13H,2-5,8-9H2,1H3,(H,20,21). The number of fused-ring (bicyclic) bond motifs is 1. The van der Waals surface area contributed by atoms with Gasteiger partial charge in [-0.05, 0) is 43.2 Å². The topological polar surface area (TPSA) is 77.2 Å². The molecule has 1 saturated heterocycles. The van der Waals surface area contributed by atoms with E-state index in [0.29, 0.717) is 24.5 Å². The Balaban J connectivity index is 1.95. The number of aryl methyl sites for hydroxylation is 2. The maximum Gasteiger partial charge on any atom is 0.308 e. The molecule has 3 rings (SSSR count). The number of anilines is 1. The predicted octanol–water partition coefficient (Wildman–Crippen LogP) is 1.99. The van der Waals surface area contributed by atoms with Crippen molar-refractivity contribution in [3.8, 4) is 6.07 Å². The average molecular weight is 285 g/mol. The molecule has 1 N–H and O–H groups in total. The van der Waals surface area contributed by atoms with E-state index in [1.165, 1.54) is 5.56 Å². The van der Waals surface area contributed by atoms with Crippen molar-refractivity contribution in [2.45, 2.75) is 32.6 Å². The van der Waals surface area contributed by atoms with Gasteiger partial charge in [0.15, 0.2) is 0 Å². The molecule has 5 nitrogen and oxygen atoms in total. The molecule has 2 atom stereocenters. The van der Waals surface area contributed by atoms with Crippen LogP contribution in [-0.2, 0) is 17.6 Å². The fourth-order valence-corrected chi connectivity index (χ4v) is 3.41. The molecule has 2 heterocycles. The first-order valence-corrected chi connectivity index (χ1v) is 7.50. The second kappa shape index (κ2) is 5.36. The summed E-state index contributed by atoms with van der Waals surface area (Å²) in [5, 5.41) is 18.6. The van der Waals surface area contributed by atoms with E-state index in [4.69, 9.17) is 4.98 Å². The third-order valence-electron chi connectivity index (χ3n) is 4.63. The molecule has 0 bridgehead atoms. The summed E-state index contributed by atoms with van der Waals surface area (Å²) in [6.07, 6.45) is 4.24. The van der Waals surface area contributed by atoms with Gasteiger partial charge in [0.05, 0.1) is 11.5 Å². The van der Waals surface area contributed by atoms with E-state index in [1.807, 2.05) is 17.9 Å². The van der Waals surface area contributed by atoms with E-state index in [2.05, 4.69) is 6.07 Å². The minimum atomic E-state index is -0.763. The second-order valence-corrected chi connectivity index (χ2v) is 6.11. The van der Waals surface area contributed by atoms with E-state index >= 15 is 0 Å². The molecule has 0 amide bonds. The Kier molecular flexibility index (Phi) is 3.54. The van der Waals surface area contributed by atoms with Crippen molar-refractivity contribution in [1.29, 1.82) is 5.26 Å². The Morgan fingerprint density at radius 2 is 2.19 bits per heavy atom. The lowest BCUT2D eigenvalue weighted by atomic mass is 9.95. The zero-order valence-electron chi connectivity index (χ0n) is 12.2. The summed E-state index contributed by atoms with van der Waals surface area (Å²) in [7, 11) is 0. The Morgan fingerprint density at radius 3 is 2.86 bits per heavy atom. The number of hydrogen-bond acceptors (Lipinski definition) is 4. The predicted molar refractivity (Wildman–Crippen MR) is 78.1 cm³/mol. The van der Waals surface area contributed by atoms with Gasteiger partial charge >= 0.3 is 5.97 Å². The average Bonchev–Trinajstić information content (AvgIpc) is 2.88. The van der Waals surface area contributed by atoms with Crippen LogP contribution in [0, 0.1) is 23.2 Å². The van der Waals surface area contributed by atoms with Gasteiger partial charge in [0.1, 0.15) is 11.9 Å². The lowest BCUT2D eigenvalue weighted by Gasteiger charge is -2.22. The molecule has 1 fully saturated rings. The monoisotopic (exact) mass is 285 g/mol. The van der Waals surface area contributed by atoms with Crippen molar-refractivity contribution < 1.29 is 9.90 Å². The maximum absolute atomic E-state index is 11.3. The van der Waals surface area contributed by atoms with E-state index in [-0.39, 0.29) is 11.8 Å². The highest BCUT2D eigenvalue weighted by atomic mass is 16.4. The van der Waals surface area contributed by atoms with Crippen LogP contribution >= 0.6 is 0 Å². The molecular formula is C16H19N3O2. The zero-order chi connectivity index (χ0) is 15.0. The van der Waals surface area contributed by atoms with Gasteiger partial charge in [-0.15, -0.1) is 0 Å². The van der Waals surface area contributed by atoms with Gasteiger partial charge in [0.25, 0.3) is 0 Å². The van der Waals surface area contributed by atoms with Crippen molar-refractivity contribution in [2.24, 2.45) is 11.8 Å². The fourth-order valence-electron chi connectivity index (χ4n) is 3.41. The molecule has 2 unspecified atom stereocenters. The molecule has 5 heteroatoms. The molecule has 2 aliphatic rings. The Labute approximate surface area is 124 Å². The van der Waals surface area contributed by atoms with E-state index in [0.717, 1.165) is 31.4 Å². The van der Waals surface area contributed by atoms with E-state index in [1.54, 1.807) is 0 Å². The van der Waals surface area contributed by atoms with Gasteiger partial charge in [-0.2, -0.15) is 5.26 Å². The van der Waals surface area contributed by atoms with Gasteiger partial charge in [0, 0.05) is 18.8 Å². The van der Waals surface area contributed by atoms with Crippen LogP contribution < -0.4 is 4.90 Å². The van der Waals surface area contributed by atoms with Crippen molar-refractivity contribution in [1.82, 2.24) is 4.98 Å². The van der Waals surface area contributed by atoms with Crippen molar-refractivity contribution in [3.63, 3.8) is 0 Å². The number of pyridine rings is 1. The second-order valence-electron chi connectivity index (χ2n) is 6.11. The summed E-state index contributed by atoms with van der Waals surface area (Å²) >= 11 is 0. The smallest absolute Gasteiger partial charge is 0.308 e. The Bertz CT molecular complexity index is 621. The van der Waals surface area contributed by atoms with Crippen LogP contribution in [0.1, 0.15) is 36.6 Å². The van der Waals surface area contributed by atoms with Gasteiger partial charge in [-0.3, -0.25) is 4.79 Å². The van der Waals surface area contributed by atoms with Crippen LogP contribution in [0.2, 0.25) is 0 Å². The van der Waals surface area contributed by atoms with Crippen molar-refractivity contribution >= 4 is 11.8 Å². The molecule has 0 aromatic carbocycles. The third-order valence-corrected chi connectivity index (χ3v) is 4.63. The first kappa shape index (κ1) is 13.9. The molecule has 21 heavy (non-hydrogen) atoms. The lowest BCUT2D eigenvalue weighted by Crippen LogP contribution is -2.25. The number of nitrogens with zero attached hydrogens (tertiary/aromatic N) is 3. The number of aromatic nitrogens is 1. The van der Waals surface area contributed by atoms with Gasteiger partial charge < -0.3 is 10.0 Å². The Hall–Kier alpha value is -2.09. The van der Waals surface area contributed by atoms with Crippen LogP contribution in [0.5, 0.6) is 0 Å². The lowest BCUT2D eigenvalue weighted by molar-refractivity contribution is -0.142. The van der Waals surface area contributed by atoms with Crippen molar-refractivity contribution in [2.75, 3.05) is 18.0 Å². The van der Waals surface area contributed by atoms with E-state index in [9.17, 15) is 15.2 Å². The van der Waals surface area contributed by atoms with Gasteiger partial charge in [-0.1, -0.05) is 6.92 Å². The number of rotatable bonds is 2. The molecule has 1 aromatic rings. The minimum absolute atomic E-state index is 0.0758. The first-order chi connectivity index (χ1) is 10.1. The highest BCUT2D eigenvalue weighted by Crippen LogP contribution is 2.32. The minimum Gasteiger partial charge on any atom is -0.481 e. The molecule has 0 radical (unpaired) electrons. The van der Waals surface area contributed by atoms with Crippen LogP contribution in [0.25, 0.3) is 0 Å². The normalized spacial score (nSPS) is 24.5. The van der Waals surface area contributed by atoms with Crippen LogP contribution in [0.3, 0.4) is 0 Å². The van der Waals surface area contributed by atoms with Crippen LogP contribution in [-0.4, -0.2) is 29.1 Å². The molecule has 1 aliphatic carbocycles. The highest BCUT2D eigenvalue weighted by Gasteiger charge is 2.36. The first-order valence-electron chi connectivity index (χ1n) is 7.50. The molecule has 0 saturated carbocycles. The quantitative estimate of drug-likeness (QED) is 0.899. The largest absolute Gasteiger partial charge is 0.481 e. The molecule has 110 valence electrons. The molecule has 1 aromatic heterocycles. The fraction of sp³-hybridized carbons (Fsp3) is 0.562. The number of carboxylic acid groups (broad SMARTS) is 1. The summed E-state index contributed by atoms with van der Waals surface area (Å²) in [4.78, 5) is 17.9. The summed E-state index contributed by atoms with van der Waals surface area (Å²) in [6.45, 7) is 3.04. The van der Waals surface area contributed by atoms with Crippen LogP contribution in [0.4, 0.5) is 5.82 Å². The summed E-state index contributed by atoms with van der Waals surface area (Å²) in [6, 6.07) is 4.18. The highest BCUT2D eigenvalue weighted by molar-refractivity contribution is 5.73. The molecular weight excluding hydrogens is 266 g/mol. The number of nitriles is 1.